The Balaban J connectivity index is 2.35. The second-order valence-electron chi connectivity index (χ2n) is 4.94. The third kappa shape index (κ3) is 3.53. The molecule has 2 rings (SSSR count). The van der Waals surface area contributed by atoms with Crippen molar-refractivity contribution in [1.29, 1.82) is 0 Å². The van der Waals surface area contributed by atoms with Crippen molar-refractivity contribution in [3.63, 3.8) is 0 Å². The number of aromatic nitrogens is 1. The molecule has 0 N–H and O–H groups in total. The molecule has 0 radical (unpaired) electrons. The average molecular weight is 303 g/mol. The van der Waals surface area contributed by atoms with Crippen LogP contribution in [0.3, 0.4) is 0 Å². The van der Waals surface area contributed by atoms with Crippen LogP contribution in [0.1, 0.15) is 40.9 Å². The average Bonchev–Trinajstić information content (AvgIpc) is 3.17. The molecule has 116 valence electrons. The molecule has 1 saturated carbocycles. The van der Waals surface area contributed by atoms with E-state index in [-0.39, 0.29) is 24.1 Å². The Morgan fingerprint density at radius 1 is 1.48 bits per heavy atom. The number of hydrogen-bond donors (Lipinski definition) is 0. The van der Waals surface area contributed by atoms with Gasteiger partial charge in [0.1, 0.15) is 0 Å². The monoisotopic (exact) mass is 303 g/mol. The van der Waals surface area contributed by atoms with Crippen molar-refractivity contribution in [1.82, 2.24) is 4.98 Å². The van der Waals surface area contributed by atoms with E-state index in [0.717, 1.165) is 6.07 Å². The highest BCUT2D eigenvalue weighted by atomic mass is 19.4. The Labute approximate surface area is 120 Å². The fourth-order valence-corrected chi connectivity index (χ4v) is 2.32. The van der Waals surface area contributed by atoms with E-state index < -0.39 is 17.7 Å². The smallest absolute Gasteiger partial charge is 0.417 e. The molecule has 1 aromatic rings. The maximum absolute atomic E-state index is 12.8. The lowest BCUT2D eigenvalue weighted by molar-refractivity contribution is -0.137. The summed E-state index contributed by atoms with van der Waals surface area (Å²) in [7, 11) is 1.53. The number of rotatable bonds is 5. The lowest BCUT2D eigenvalue weighted by atomic mass is 10.0. The van der Waals surface area contributed by atoms with E-state index in [9.17, 15) is 18.0 Å². The SMILES string of the molecule is CCOC(=O)c1ncc(C(F)(F)F)cc1C1CC1COC. The fraction of sp³-hybridized carbons (Fsp3) is 0.571. The zero-order chi connectivity index (χ0) is 15.6. The Hall–Kier alpha value is -1.63. The second-order valence-corrected chi connectivity index (χ2v) is 4.94. The van der Waals surface area contributed by atoms with E-state index in [4.69, 9.17) is 9.47 Å². The zero-order valence-electron chi connectivity index (χ0n) is 11.7. The highest BCUT2D eigenvalue weighted by Gasteiger charge is 2.42. The van der Waals surface area contributed by atoms with Gasteiger partial charge in [-0.3, -0.25) is 0 Å². The zero-order valence-corrected chi connectivity index (χ0v) is 11.7. The number of carbonyl (C=O) groups excluding carboxylic acids is 1. The van der Waals surface area contributed by atoms with Crippen LogP contribution in [0.5, 0.6) is 0 Å². The molecule has 1 heterocycles. The van der Waals surface area contributed by atoms with Crippen molar-refractivity contribution >= 4 is 5.97 Å². The molecule has 0 bridgehead atoms. The molecule has 0 spiro atoms. The Morgan fingerprint density at radius 2 is 2.19 bits per heavy atom. The van der Waals surface area contributed by atoms with E-state index in [0.29, 0.717) is 24.8 Å². The number of pyridine rings is 1. The minimum atomic E-state index is -4.49. The predicted molar refractivity (Wildman–Crippen MR) is 67.9 cm³/mol. The standard InChI is InChI=1S/C14H16F3NO3/c1-3-21-13(19)12-11(10-4-8(10)7-20-2)5-9(6-18-12)14(15,16)17/h5-6,8,10H,3-4,7H2,1-2H3. The van der Waals surface area contributed by atoms with Crippen LogP contribution in [0.15, 0.2) is 12.3 Å². The summed E-state index contributed by atoms with van der Waals surface area (Å²) in [6, 6.07) is 1.000. The third-order valence-corrected chi connectivity index (χ3v) is 3.42. The molecule has 0 saturated heterocycles. The molecular weight excluding hydrogens is 287 g/mol. The molecule has 0 aromatic carbocycles. The molecule has 0 amide bonds. The van der Waals surface area contributed by atoms with Gasteiger partial charge in [0, 0.05) is 19.9 Å². The summed E-state index contributed by atoms with van der Waals surface area (Å²) in [5.41, 5.74) is -0.590. The van der Waals surface area contributed by atoms with Crippen LogP contribution in [-0.2, 0) is 15.7 Å². The van der Waals surface area contributed by atoms with Gasteiger partial charge >= 0.3 is 12.1 Å². The van der Waals surface area contributed by atoms with Crippen molar-refractivity contribution < 1.29 is 27.4 Å². The maximum Gasteiger partial charge on any atom is 0.417 e. The number of alkyl halides is 3. The van der Waals surface area contributed by atoms with E-state index in [1.54, 1.807) is 6.92 Å². The summed E-state index contributed by atoms with van der Waals surface area (Å²) < 4.78 is 48.2. The van der Waals surface area contributed by atoms with Crippen LogP contribution >= 0.6 is 0 Å². The molecular formula is C14H16F3NO3. The van der Waals surface area contributed by atoms with E-state index in [2.05, 4.69) is 4.98 Å². The predicted octanol–water partition coefficient (Wildman–Crippen LogP) is 3.03. The van der Waals surface area contributed by atoms with Gasteiger partial charge in [0.25, 0.3) is 0 Å². The fourth-order valence-electron chi connectivity index (χ4n) is 2.32. The van der Waals surface area contributed by atoms with Gasteiger partial charge in [0.2, 0.25) is 0 Å². The lowest BCUT2D eigenvalue weighted by Crippen LogP contribution is -2.14. The second kappa shape index (κ2) is 6.01. The molecule has 21 heavy (non-hydrogen) atoms. The van der Waals surface area contributed by atoms with Crippen molar-refractivity contribution in [3.05, 3.63) is 29.1 Å². The van der Waals surface area contributed by atoms with Gasteiger partial charge in [-0.1, -0.05) is 0 Å². The summed E-state index contributed by atoms with van der Waals surface area (Å²) in [5, 5.41) is 0. The van der Waals surface area contributed by atoms with Crippen molar-refractivity contribution in [2.45, 2.75) is 25.4 Å². The van der Waals surface area contributed by atoms with Gasteiger partial charge in [0.05, 0.1) is 12.2 Å². The number of halogens is 3. The first-order valence-corrected chi connectivity index (χ1v) is 6.61. The number of hydrogen-bond acceptors (Lipinski definition) is 4. The maximum atomic E-state index is 12.8. The number of ether oxygens (including phenoxy) is 2. The molecule has 1 aliphatic rings. The first kappa shape index (κ1) is 15.8. The molecule has 2 unspecified atom stereocenters. The van der Waals surface area contributed by atoms with Crippen LogP contribution in [0.2, 0.25) is 0 Å². The number of carbonyl (C=O) groups is 1. The number of methoxy groups -OCH3 is 1. The van der Waals surface area contributed by atoms with Crippen molar-refractivity contribution in [2.24, 2.45) is 5.92 Å². The van der Waals surface area contributed by atoms with Crippen molar-refractivity contribution in [2.75, 3.05) is 20.3 Å². The van der Waals surface area contributed by atoms with Gasteiger partial charge in [0.15, 0.2) is 5.69 Å². The molecule has 0 aliphatic heterocycles. The molecule has 1 fully saturated rings. The summed E-state index contributed by atoms with van der Waals surface area (Å²) >= 11 is 0. The van der Waals surface area contributed by atoms with Crippen LogP contribution < -0.4 is 0 Å². The quantitative estimate of drug-likeness (QED) is 0.785. The molecule has 7 heteroatoms. The summed E-state index contributed by atoms with van der Waals surface area (Å²) in [5.74, 6) is -0.711. The van der Waals surface area contributed by atoms with Crippen molar-refractivity contribution in [3.8, 4) is 0 Å². The lowest BCUT2D eigenvalue weighted by Gasteiger charge is -2.12. The van der Waals surface area contributed by atoms with E-state index in [1.165, 1.54) is 7.11 Å². The highest BCUT2D eigenvalue weighted by Crippen LogP contribution is 2.49. The highest BCUT2D eigenvalue weighted by molar-refractivity contribution is 5.89. The molecule has 4 nitrogen and oxygen atoms in total. The summed E-state index contributed by atoms with van der Waals surface area (Å²) in [6.45, 7) is 2.23. The molecule has 2 atom stereocenters. The van der Waals surface area contributed by atoms with E-state index >= 15 is 0 Å². The van der Waals surface area contributed by atoms with Gasteiger partial charge in [-0.2, -0.15) is 13.2 Å². The minimum absolute atomic E-state index is 0.0338. The van der Waals surface area contributed by atoms with Gasteiger partial charge in [-0.15, -0.1) is 0 Å². The van der Waals surface area contributed by atoms with Gasteiger partial charge < -0.3 is 9.47 Å². The first-order chi connectivity index (χ1) is 9.88. The Bertz CT molecular complexity index is 531. The normalized spacial score (nSPS) is 21.2. The Morgan fingerprint density at radius 3 is 2.76 bits per heavy atom. The van der Waals surface area contributed by atoms with Crippen LogP contribution in [0.25, 0.3) is 0 Å². The molecule has 1 aliphatic carbocycles. The number of esters is 1. The van der Waals surface area contributed by atoms with Crippen LogP contribution in [0, 0.1) is 5.92 Å². The Kier molecular flexibility index (Phi) is 4.51. The van der Waals surface area contributed by atoms with Crippen LogP contribution in [-0.4, -0.2) is 31.3 Å². The minimum Gasteiger partial charge on any atom is -0.461 e. The summed E-state index contributed by atoms with van der Waals surface area (Å²) in [4.78, 5) is 15.5. The third-order valence-electron chi connectivity index (χ3n) is 3.42. The first-order valence-electron chi connectivity index (χ1n) is 6.61. The topological polar surface area (TPSA) is 48.4 Å². The largest absolute Gasteiger partial charge is 0.461 e. The summed E-state index contributed by atoms with van der Waals surface area (Å²) in [6.07, 6.45) is -3.13. The van der Waals surface area contributed by atoms with Gasteiger partial charge in [-0.05, 0) is 36.8 Å². The molecule has 1 aromatic heterocycles. The number of nitrogens with zero attached hydrogens (tertiary/aromatic N) is 1. The van der Waals surface area contributed by atoms with E-state index in [1.807, 2.05) is 0 Å². The van der Waals surface area contributed by atoms with Crippen LogP contribution in [0.4, 0.5) is 13.2 Å². The van der Waals surface area contributed by atoms with Gasteiger partial charge in [-0.25, -0.2) is 9.78 Å².